The van der Waals surface area contributed by atoms with Crippen LogP contribution >= 0.6 is 0 Å². The molecule has 0 bridgehead atoms. The van der Waals surface area contributed by atoms with Gasteiger partial charge in [-0.1, -0.05) is 0 Å². The first-order chi connectivity index (χ1) is 18.1. The van der Waals surface area contributed by atoms with Gasteiger partial charge in [0.15, 0.2) is 0 Å². The molecule has 0 aliphatic rings. The first-order valence-corrected chi connectivity index (χ1v) is 12.0. The molecule has 0 heterocycles. The van der Waals surface area contributed by atoms with Crippen molar-refractivity contribution in [1.82, 2.24) is 9.80 Å². The molecule has 38 heavy (non-hydrogen) atoms. The number of nitrogens with zero attached hydrogens (tertiary/aromatic N) is 2. The summed E-state index contributed by atoms with van der Waals surface area (Å²) < 4.78 is 11.5. The number of ether oxygens (including phenoxy) is 2. The normalized spacial score (nSPS) is 11.3. The van der Waals surface area contributed by atoms with Gasteiger partial charge in [0.25, 0.3) is 0 Å². The van der Waals surface area contributed by atoms with E-state index < -0.39 is 25.4 Å². The number of aryl methyl sites for hydroxylation is 2. The highest BCUT2D eigenvalue weighted by molar-refractivity contribution is 5.72. The predicted molar refractivity (Wildman–Crippen MR) is 137 cm³/mol. The summed E-state index contributed by atoms with van der Waals surface area (Å²) in [6.07, 6.45) is 0. The molecule has 0 spiro atoms. The van der Waals surface area contributed by atoms with Crippen LogP contribution in [0.2, 0.25) is 0 Å². The second-order valence-corrected chi connectivity index (χ2v) is 8.75. The van der Waals surface area contributed by atoms with Crippen LogP contribution in [0.1, 0.15) is 22.3 Å². The molecule has 0 aliphatic carbocycles. The number of aliphatic hydroxyl groups is 4. The molecule has 2 aromatic carbocycles. The summed E-state index contributed by atoms with van der Waals surface area (Å²) >= 11 is 0. The van der Waals surface area contributed by atoms with Gasteiger partial charge in [0.05, 0.1) is 39.8 Å². The van der Waals surface area contributed by atoms with Gasteiger partial charge in [-0.25, -0.2) is 0 Å². The Morgan fingerprint density at radius 2 is 1.05 bits per heavy atom. The summed E-state index contributed by atoms with van der Waals surface area (Å²) in [6, 6.07) is 7.34. The van der Waals surface area contributed by atoms with Crippen molar-refractivity contribution in [1.29, 1.82) is 0 Å². The van der Waals surface area contributed by atoms with E-state index in [1.54, 1.807) is 12.1 Å². The van der Waals surface area contributed by atoms with Crippen molar-refractivity contribution in [2.24, 2.45) is 0 Å². The standard InChI is InChI=1S/C26H36N2O10/c1-17-7-19(9-21(25(17)37-5-3-29)11-27(15-31)13-23(33)34)20-8-18(2)26(38-6-4-30)22(10-20)12-28(16-32)14-24(35)36/h7-10,29-32H,3-6,11-16H2,1-2H3,(H,33,34)(H,35,36). The molecule has 2 rings (SSSR count). The Labute approximate surface area is 220 Å². The summed E-state index contributed by atoms with van der Waals surface area (Å²) in [5.74, 6) is -1.25. The second-order valence-electron chi connectivity index (χ2n) is 8.75. The molecule has 0 radical (unpaired) electrons. The molecule has 0 saturated carbocycles. The summed E-state index contributed by atoms with van der Waals surface area (Å²) in [5.41, 5.74) is 4.14. The fourth-order valence-corrected chi connectivity index (χ4v) is 4.15. The van der Waals surface area contributed by atoms with Crippen molar-refractivity contribution in [2.45, 2.75) is 26.9 Å². The van der Waals surface area contributed by atoms with Gasteiger partial charge < -0.3 is 40.1 Å². The van der Waals surface area contributed by atoms with Crippen LogP contribution in [-0.4, -0.2) is 105 Å². The lowest BCUT2D eigenvalue weighted by Crippen LogP contribution is -2.30. The first kappa shape index (κ1) is 31.0. The van der Waals surface area contributed by atoms with E-state index in [0.717, 1.165) is 22.3 Å². The molecular weight excluding hydrogens is 500 g/mol. The van der Waals surface area contributed by atoms with Crippen molar-refractivity contribution in [3.8, 4) is 22.6 Å². The molecule has 0 atom stereocenters. The maximum Gasteiger partial charge on any atom is 0.317 e. The van der Waals surface area contributed by atoms with E-state index in [-0.39, 0.29) is 52.6 Å². The Hall–Kier alpha value is -3.26. The Bertz CT molecular complexity index is 1010. The molecule has 12 heteroatoms. The molecule has 0 aliphatic heterocycles. The van der Waals surface area contributed by atoms with Crippen LogP contribution in [-0.2, 0) is 22.7 Å². The van der Waals surface area contributed by atoms with Gasteiger partial charge in [-0.2, -0.15) is 0 Å². The summed E-state index contributed by atoms with van der Waals surface area (Å²) in [7, 11) is 0. The van der Waals surface area contributed by atoms with E-state index in [1.165, 1.54) is 9.80 Å². The third kappa shape index (κ3) is 8.94. The molecule has 210 valence electrons. The number of benzene rings is 2. The van der Waals surface area contributed by atoms with Gasteiger partial charge in [-0.15, -0.1) is 0 Å². The van der Waals surface area contributed by atoms with Crippen LogP contribution in [0.3, 0.4) is 0 Å². The number of carboxylic acids is 2. The minimum absolute atomic E-state index is 0.0337. The van der Waals surface area contributed by atoms with Crippen LogP contribution in [0.5, 0.6) is 11.5 Å². The van der Waals surface area contributed by atoms with E-state index >= 15 is 0 Å². The smallest absolute Gasteiger partial charge is 0.317 e. The Morgan fingerprint density at radius 3 is 1.34 bits per heavy atom. The summed E-state index contributed by atoms with van der Waals surface area (Å²) in [4.78, 5) is 25.1. The average Bonchev–Trinajstić information content (AvgIpc) is 2.86. The molecule has 2 aromatic rings. The largest absolute Gasteiger partial charge is 0.491 e. The Balaban J connectivity index is 2.61. The SMILES string of the molecule is Cc1cc(-c2cc(C)c(OCCO)c(CN(CO)CC(=O)O)c2)cc(CN(CO)CC(=O)O)c1OCCO. The lowest BCUT2D eigenvalue weighted by atomic mass is 9.95. The molecule has 0 unspecified atom stereocenters. The van der Waals surface area contributed by atoms with E-state index in [1.807, 2.05) is 26.0 Å². The van der Waals surface area contributed by atoms with Crippen molar-refractivity contribution in [2.75, 3.05) is 53.0 Å². The zero-order valence-corrected chi connectivity index (χ0v) is 21.6. The van der Waals surface area contributed by atoms with Crippen LogP contribution in [0.4, 0.5) is 0 Å². The van der Waals surface area contributed by atoms with Crippen molar-refractivity contribution in [3.63, 3.8) is 0 Å². The van der Waals surface area contributed by atoms with Crippen molar-refractivity contribution < 1.29 is 49.7 Å². The predicted octanol–water partition coefficient (Wildman–Crippen LogP) is 0.385. The molecule has 0 aromatic heterocycles. The summed E-state index contributed by atoms with van der Waals surface area (Å²) in [5, 5.41) is 56.2. The number of carboxylic acid groups (broad SMARTS) is 2. The van der Waals surface area contributed by atoms with Crippen LogP contribution in [0, 0.1) is 13.8 Å². The first-order valence-electron chi connectivity index (χ1n) is 12.0. The van der Waals surface area contributed by atoms with E-state index in [4.69, 9.17) is 9.47 Å². The molecule has 0 saturated heterocycles. The van der Waals surface area contributed by atoms with Gasteiger partial charge >= 0.3 is 11.9 Å². The molecular formula is C26H36N2O10. The topological polar surface area (TPSA) is 180 Å². The quantitative estimate of drug-likeness (QED) is 0.153. The van der Waals surface area contributed by atoms with Crippen LogP contribution in [0.25, 0.3) is 11.1 Å². The van der Waals surface area contributed by atoms with E-state index in [2.05, 4.69) is 0 Å². The zero-order valence-electron chi connectivity index (χ0n) is 21.6. The highest BCUT2D eigenvalue weighted by Crippen LogP contribution is 2.36. The third-order valence-corrected chi connectivity index (χ3v) is 5.62. The fourth-order valence-electron chi connectivity index (χ4n) is 4.15. The lowest BCUT2D eigenvalue weighted by Gasteiger charge is -2.23. The monoisotopic (exact) mass is 536 g/mol. The minimum atomic E-state index is -1.10. The number of aliphatic hydroxyl groups excluding tert-OH is 4. The fraction of sp³-hybridized carbons (Fsp3) is 0.462. The maximum absolute atomic E-state index is 11.2. The lowest BCUT2D eigenvalue weighted by molar-refractivity contribution is -0.140. The molecule has 12 nitrogen and oxygen atoms in total. The van der Waals surface area contributed by atoms with E-state index in [0.29, 0.717) is 22.6 Å². The maximum atomic E-state index is 11.2. The van der Waals surface area contributed by atoms with Crippen molar-refractivity contribution in [3.05, 3.63) is 46.5 Å². The van der Waals surface area contributed by atoms with E-state index in [9.17, 15) is 40.2 Å². The van der Waals surface area contributed by atoms with Gasteiger partial charge in [0.1, 0.15) is 24.7 Å². The van der Waals surface area contributed by atoms with Gasteiger partial charge in [0, 0.05) is 24.2 Å². The number of hydrogen-bond acceptors (Lipinski definition) is 10. The molecule has 6 N–H and O–H groups in total. The van der Waals surface area contributed by atoms with Gasteiger partial charge in [-0.05, 0) is 60.4 Å². The second kappa shape index (κ2) is 15.2. The van der Waals surface area contributed by atoms with Gasteiger partial charge in [-0.3, -0.25) is 19.4 Å². The summed E-state index contributed by atoms with van der Waals surface area (Å²) in [6.45, 7) is 1.64. The number of rotatable bonds is 17. The highest BCUT2D eigenvalue weighted by atomic mass is 16.5. The average molecular weight is 537 g/mol. The Morgan fingerprint density at radius 1 is 0.684 bits per heavy atom. The van der Waals surface area contributed by atoms with Gasteiger partial charge in [0.2, 0.25) is 0 Å². The van der Waals surface area contributed by atoms with Crippen molar-refractivity contribution >= 4 is 11.9 Å². The third-order valence-electron chi connectivity index (χ3n) is 5.62. The minimum Gasteiger partial charge on any atom is -0.491 e. The van der Waals surface area contributed by atoms with Crippen LogP contribution in [0.15, 0.2) is 24.3 Å². The zero-order chi connectivity index (χ0) is 28.2. The number of aliphatic carboxylic acids is 2. The molecule has 0 amide bonds. The highest BCUT2D eigenvalue weighted by Gasteiger charge is 2.19. The number of carbonyl (C=O) groups is 2. The Kier molecular flexibility index (Phi) is 12.4. The van der Waals surface area contributed by atoms with Crippen LogP contribution < -0.4 is 9.47 Å². The number of hydrogen-bond donors (Lipinski definition) is 6. The molecule has 0 fully saturated rings.